The highest BCUT2D eigenvalue weighted by atomic mass is 32.1. The molecule has 2 amide bonds. The number of amides is 2. The number of hydrogen-bond donors (Lipinski definition) is 3. The molecule has 19 heavy (non-hydrogen) atoms. The molecule has 0 saturated heterocycles. The highest BCUT2D eigenvalue weighted by Crippen LogP contribution is 2.24. The van der Waals surface area contributed by atoms with E-state index >= 15 is 0 Å². The van der Waals surface area contributed by atoms with E-state index in [1.807, 2.05) is 6.92 Å². The van der Waals surface area contributed by atoms with Gasteiger partial charge in [0.15, 0.2) is 0 Å². The van der Waals surface area contributed by atoms with Crippen LogP contribution in [0.4, 0.5) is 11.4 Å². The zero-order chi connectivity index (χ0) is 14.0. The number of rotatable bonds is 3. The van der Waals surface area contributed by atoms with Crippen LogP contribution in [0.1, 0.15) is 24.9 Å². The summed E-state index contributed by atoms with van der Waals surface area (Å²) in [6.45, 7) is 1.84. The van der Waals surface area contributed by atoms with Crippen LogP contribution in [0.2, 0.25) is 0 Å². The minimum atomic E-state index is -0.585. The number of nitrogens with two attached hydrogens (primary N) is 2. The molecule has 98 valence electrons. The Labute approximate surface area is 114 Å². The Balaban J connectivity index is 2.26. The molecule has 0 bridgehead atoms. The number of primary amides is 1. The standard InChI is InChI=1S/C13H13N3O2S/c1-7-9(14)6-11(19-7)13(18)16-10-5-3-2-4-8(10)12(15)17/h2-6H,14H2,1H3,(H2,15,17)(H,16,18). The van der Waals surface area contributed by atoms with Gasteiger partial charge in [0, 0.05) is 10.6 Å². The molecule has 0 aliphatic heterocycles. The fourth-order valence-corrected chi connectivity index (χ4v) is 2.44. The van der Waals surface area contributed by atoms with Gasteiger partial charge < -0.3 is 16.8 Å². The lowest BCUT2D eigenvalue weighted by Gasteiger charge is -2.07. The smallest absolute Gasteiger partial charge is 0.265 e. The number of hydrogen-bond acceptors (Lipinski definition) is 4. The lowest BCUT2D eigenvalue weighted by molar-refractivity contribution is 0.100. The second-order valence-electron chi connectivity index (χ2n) is 3.99. The molecule has 0 radical (unpaired) electrons. The fourth-order valence-electron chi connectivity index (χ4n) is 1.60. The zero-order valence-corrected chi connectivity index (χ0v) is 11.1. The largest absolute Gasteiger partial charge is 0.398 e. The number of nitrogen functional groups attached to an aromatic ring is 1. The topological polar surface area (TPSA) is 98.2 Å². The van der Waals surface area contributed by atoms with Gasteiger partial charge in [0.2, 0.25) is 0 Å². The van der Waals surface area contributed by atoms with Crippen molar-refractivity contribution < 1.29 is 9.59 Å². The van der Waals surface area contributed by atoms with Crippen molar-refractivity contribution in [2.75, 3.05) is 11.1 Å². The van der Waals surface area contributed by atoms with Gasteiger partial charge >= 0.3 is 0 Å². The Morgan fingerprint density at radius 2 is 1.95 bits per heavy atom. The van der Waals surface area contributed by atoms with Crippen LogP contribution in [0.5, 0.6) is 0 Å². The van der Waals surface area contributed by atoms with Crippen molar-refractivity contribution in [3.63, 3.8) is 0 Å². The number of anilines is 2. The van der Waals surface area contributed by atoms with E-state index < -0.39 is 5.91 Å². The highest BCUT2D eigenvalue weighted by Gasteiger charge is 2.14. The first kappa shape index (κ1) is 13.1. The summed E-state index contributed by atoms with van der Waals surface area (Å²) in [6.07, 6.45) is 0. The Kier molecular flexibility index (Phi) is 3.52. The molecule has 0 aliphatic rings. The molecule has 0 fully saturated rings. The number of carbonyl (C=O) groups excluding carboxylic acids is 2. The van der Waals surface area contributed by atoms with Crippen molar-refractivity contribution in [1.29, 1.82) is 0 Å². The molecule has 2 aromatic rings. The minimum absolute atomic E-state index is 0.275. The van der Waals surface area contributed by atoms with Crippen molar-refractivity contribution in [1.82, 2.24) is 0 Å². The molecule has 1 aromatic heterocycles. The monoisotopic (exact) mass is 275 g/mol. The number of aryl methyl sites for hydroxylation is 1. The van der Waals surface area contributed by atoms with Crippen LogP contribution in [0.15, 0.2) is 30.3 Å². The minimum Gasteiger partial charge on any atom is -0.398 e. The SMILES string of the molecule is Cc1sc(C(=O)Nc2ccccc2C(N)=O)cc1N. The molecule has 0 atom stereocenters. The summed E-state index contributed by atoms with van der Waals surface area (Å²) in [4.78, 5) is 24.7. The van der Waals surface area contributed by atoms with Gasteiger partial charge in [0.25, 0.3) is 11.8 Å². The summed E-state index contributed by atoms with van der Waals surface area (Å²) >= 11 is 1.30. The lowest BCUT2D eigenvalue weighted by Crippen LogP contribution is -2.17. The van der Waals surface area contributed by atoms with Gasteiger partial charge in [-0.1, -0.05) is 12.1 Å². The molecule has 5 N–H and O–H groups in total. The Hall–Kier alpha value is -2.34. The first-order valence-corrected chi connectivity index (χ1v) is 6.37. The maximum absolute atomic E-state index is 12.0. The molecule has 0 saturated carbocycles. The van der Waals surface area contributed by atoms with E-state index in [1.54, 1.807) is 30.3 Å². The zero-order valence-electron chi connectivity index (χ0n) is 10.3. The summed E-state index contributed by atoms with van der Waals surface area (Å²) in [6, 6.07) is 8.20. The Morgan fingerprint density at radius 3 is 2.53 bits per heavy atom. The number of nitrogens with one attached hydrogen (secondary N) is 1. The summed E-state index contributed by atoms with van der Waals surface area (Å²) in [7, 11) is 0. The molecular formula is C13H13N3O2S. The van der Waals surface area contributed by atoms with Crippen molar-refractivity contribution in [2.45, 2.75) is 6.92 Å². The van der Waals surface area contributed by atoms with Crippen molar-refractivity contribution in [3.05, 3.63) is 45.6 Å². The van der Waals surface area contributed by atoms with Crippen LogP contribution in [0.25, 0.3) is 0 Å². The van der Waals surface area contributed by atoms with Crippen LogP contribution < -0.4 is 16.8 Å². The van der Waals surface area contributed by atoms with E-state index in [4.69, 9.17) is 11.5 Å². The van der Waals surface area contributed by atoms with Crippen LogP contribution in [-0.2, 0) is 0 Å². The number of thiophene rings is 1. The Morgan fingerprint density at radius 1 is 1.26 bits per heavy atom. The Bertz CT molecular complexity index is 630. The molecule has 0 unspecified atom stereocenters. The van der Waals surface area contributed by atoms with E-state index in [-0.39, 0.29) is 11.5 Å². The van der Waals surface area contributed by atoms with E-state index in [9.17, 15) is 9.59 Å². The summed E-state index contributed by atoms with van der Waals surface area (Å²) in [5, 5.41) is 2.66. The van der Waals surface area contributed by atoms with Crippen molar-refractivity contribution in [2.24, 2.45) is 5.73 Å². The number of carbonyl (C=O) groups is 2. The molecule has 5 nitrogen and oxygen atoms in total. The first-order valence-electron chi connectivity index (χ1n) is 5.55. The molecular weight excluding hydrogens is 262 g/mol. The van der Waals surface area contributed by atoms with Crippen molar-refractivity contribution in [3.8, 4) is 0 Å². The molecule has 0 spiro atoms. The van der Waals surface area contributed by atoms with Gasteiger partial charge in [-0.3, -0.25) is 9.59 Å². The normalized spacial score (nSPS) is 10.2. The summed E-state index contributed by atoms with van der Waals surface area (Å²) in [5.74, 6) is -0.892. The van der Waals surface area contributed by atoms with Gasteiger partial charge in [-0.25, -0.2) is 0 Å². The molecule has 1 aromatic carbocycles. The quantitative estimate of drug-likeness (QED) is 0.798. The second-order valence-corrected chi connectivity index (χ2v) is 5.24. The predicted octanol–water partition coefficient (Wildman–Crippen LogP) is 1.99. The molecule has 2 rings (SSSR count). The third kappa shape index (κ3) is 2.74. The number of benzene rings is 1. The van der Waals surface area contributed by atoms with Gasteiger partial charge in [-0.15, -0.1) is 11.3 Å². The fraction of sp³-hybridized carbons (Fsp3) is 0.0769. The molecule has 0 aliphatic carbocycles. The number of para-hydroxylation sites is 1. The van der Waals surface area contributed by atoms with Gasteiger partial charge in [-0.05, 0) is 25.1 Å². The molecule has 1 heterocycles. The third-order valence-corrected chi connectivity index (χ3v) is 3.69. The van der Waals surface area contributed by atoms with Crippen LogP contribution >= 0.6 is 11.3 Å². The van der Waals surface area contributed by atoms with Crippen LogP contribution in [0.3, 0.4) is 0 Å². The van der Waals surface area contributed by atoms with E-state index in [1.165, 1.54) is 11.3 Å². The predicted molar refractivity (Wildman–Crippen MR) is 76.4 cm³/mol. The van der Waals surface area contributed by atoms with Gasteiger partial charge in [-0.2, -0.15) is 0 Å². The van der Waals surface area contributed by atoms with Crippen LogP contribution in [0, 0.1) is 6.92 Å². The maximum Gasteiger partial charge on any atom is 0.265 e. The van der Waals surface area contributed by atoms with Gasteiger partial charge in [0.05, 0.1) is 16.1 Å². The molecule has 6 heteroatoms. The average molecular weight is 275 g/mol. The first-order chi connectivity index (χ1) is 8.99. The van der Waals surface area contributed by atoms with E-state index in [0.717, 1.165) is 4.88 Å². The van der Waals surface area contributed by atoms with Crippen molar-refractivity contribution >= 4 is 34.5 Å². The maximum atomic E-state index is 12.0. The summed E-state index contributed by atoms with van der Waals surface area (Å²) < 4.78 is 0. The average Bonchev–Trinajstić information content (AvgIpc) is 2.70. The van der Waals surface area contributed by atoms with Crippen LogP contribution in [-0.4, -0.2) is 11.8 Å². The van der Waals surface area contributed by atoms with E-state index in [2.05, 4.69) is 5.32 Å². The van der Waals surface area contributed by atoms with Gasteiger partial charge in [0.1, 0.15) is 0 Å². The lowest BCUT2D eigenvalue weighted by atomic mass is 10.1. The van der Waals surface area contributed by atoms with E-state index in [0.29, 0.717) is 16.3 Å². The third-order valence-electron chi connectivity index (χ3n) is 2.62. The second kappa shape index (κ2) is 5.11. The summed E-state index contributed by atoms with van der Waals surface area (Å²) in [5.41, 5.74) is 12.2. The highest BCUT2D eigenvalue weighted by molar-refractivity contribution is 7.14.